The topological polar surface area (TPSA) is 88.8 Å². The molecule has 22 heavy (non-hydrogen) atoms. The Morgan fingerprint density at radius 1 is 0.909 bits per heavy atom. The van der Waals surface area contributed by atoms with Gasteiger partial charge < -0.3 is 16.4 Å². The largest absolute Gasteiger partial charge is 0.393 e. The Morgan fingerprint density at radius 2 is 1.59 bits per heavy atom. The van der Waals surface area contributed by atoms with Gasteiger partial charge in [-0.25, -0.2) is 14.4 Å². The van der Waals surface area contributed by atoms with Crippen molar-refractivity contribution in [3.63, 3.8) is 0 Å². The highest BCUT2D eigenvalue weighted by Crippen LogP contribution is 2.27. The summed E-state index contributed by atoms with van der Waals surface area (Å²) in [6.07, 6.45) is 4.73. The summed E-state index contributed by atoms with van der Waals surface area (Å²) in [6, 6.07) is 9.57. The van der Waals surface area contributed by atoms with E-state index in [1.165, 1.54) is 18.5 Å². The highest BCUT2D eigenvalue weighted by Gasteiger charge is 2.08. The number of pyridine rings is 1. The molecule has 0 unspecified atom stereocenters. The standard InChI is InChI=1S/C15H13FN6/c16-10-3-5-11(6-4-10)21-14-13(17)15(20-9-19-14)22-12-2-1-7-18-8-12/h1-9H,17H2,(H2,19,20,21,22). The van der Waals surface area contributed by atoms with Gasteiger partial charge in [0, 0.05) is 11.9 Å². The van der Waals surface area contributed by atoms with Gasteiger partial charge in [0.25, 0.3) is 0 Å². The van der Waals surface area contributed by atoms with Gasteiger partial charge >= 0.3 is 0 Å². The van der Waals surface area contributed by atoms with Crippen LogP contribution >= 0.6 is 0 Å². The van der Waals surface area contributed by atoms with Crippen LogP contribution in [0.3, 0.4) is 0 Å². The van der Waals surface area contributed by atoms with Crippen molar-refractivity contribution in [2.45, 2.75) is 0 Å². The maximum Gasteiger partial charge on any atom is 0.159 e. The first-order valence-electron chi connectivity index (χ1n) is 6.52. The predicted octanol–water partition coefficient (Wildman–Crippen LogP) is 3.08. The van der Waals surface area contributed by atoms with Crippen molar-refractivity contribution < 1.29 is 4.39 Å². The fourth-order valence-electron chi connectivity index (χ4n) is 1.84. The van der Waals surface area contributed by atoms with Crippen molar-refractivity contribution in [1.29, 1.82) is 0 Å². The molecule has 0 aliphatic carbocycles. The summed E-state index contributed by atoms with van der Waals surface area (Å²) < 4.78 is 12.9. The van der Waals surface area contributed by atoms with Crippen LogP contribution in [0.1, 0.15) is 0 Å². The van der Waals surface area contributed by atoms with Crippen LogP contribution in [0.15, 0.2) is 55.1 Å². The molecular weight excluding hydrogens is 283 g/mol. The van der Waals surface area contributed by atoms with E-state index in [0.717, 1.165) is 5.69 Å². The van der Waals surface area contributed by atoms with Gasteiger partial charge in [-0.05, 0) is 36.4 Å². The molecule has 0 fully saturated rings. The van der Waals surface area contributed by atoms with Gasteiger partial charge in [0.1, 0.15) is 17.8 Å². The van der Waals surface area contributed by atoms with Gasteiger partial charge in [-0.3, -0.25) is 4.98 Å². The summed E-state index contributed by atoms with van der Waals surface area (Å²) in [5.41, 5.74) is 7.87. The number of halogens is 1. The van der Waals surface area contributed by atoms with Crippen LogP contribution in [0.4, 0.5) is 33.1 Å². The fraction of sp³-hybridized carbons (Fsp3) is 0. The minimum atomic E-state index is -0.305. The number of hydrogen-bond donors (Lipinski definition) is 3. The molecule has 2 aromatic heterocycles. The third kappa shape index (κ3) is 3.09. The maximum atomic E-state index is 12.9. The van der Waals surface area contributed by atoms with Crippen LogP contribution < -0.4 is 16.4 Å². The van der Waals surface area contributed by atoms with E-state index in [1.54, 1.807) is 30.6 Å². The molecule has 3 rings (SSSR count). The third-order valence-corrected chi connectivity index (χ3v) is 2.92. The Hall–Kier alpha value is -3.22. The molecule has 0 aliphatic rings. The number of anilines is 5. The molecule has 0 bridgehead atoms. The number of rotatable bonds is 4. The molecule has 0 atom stereocenters. The second kappa shape index (κ2) is 6.04. The molecular formula is C15H13FN6. The molecule has 3 aromatic rings. The highest BCUT2D eigenvalue weighted by molar-refractivity contribution is 5.79. The smallest absolute Gasteiger partial charge is 0.159 e. The minimum Gasteiger partial charge on any atom is -0.393 e. The van der Waals surface area contributed by atoms with Gasteiger partial charge in [0.2, 0.25) is 0 Å². The normalized spacial score (nSPS) is 10.2. The summed E-state index contributed by atoms with van der Waals surface area (Å²) in [6.45, 7) is 0. The number of hydrogen-bond acceptors (Lipinski definition) is 6. The molecule has 2 heterocycles. The quantitative estimate of drug-likeness (QED) is 0.685. The van der Waals surface area contributed by atoms with Crippen LogP contribution in [-0.4, -0.2) is 15.0 Å². The van der Waals surface area contributed by atoms with Crippen molar-refractivity contribution in [3.8, 4) is 0 Å². The van der Waals surface area contributed by atoms with Gasteiger partial charge in [0.05, 0.1) is 11.9 Å². The zero-order chi connectivity index (χ0) is 15.4. The van der Waals surface area contributed by atoms with Crippen molar-refractivity contribution in [3.05, 3.63) is 60.9 Å². The lowest BCUT2D eigenvalue weighted by Crippen LogP contribution is -2.05. The maximum absolute atomic E-state index is 12.9. The van der Waals surface area contributed by atoms with Crippen LogP contribution in [-0.2, 0) is 0 Å². The van der Waals surface area contributed by atoms with E-state index in [4.69, 9.17) is 5.73 Å². The van der Waals surface area contributed by atoms with Crippen molar-refractivity contribution in [2.75, 3.05) is 16.4 Å². The summed E-state index contributed by atoms with van der Waals surface area (Å²) in [5.74, 6) is 0.598. The monoisotopic (exact) mass is 296 g/mol. The summed E-state index contributed by atoms with van der Waals surface area (Å²) in [4.78, 5) is 12.2. The van der Waals surface area contributed by atoms with Gasteiger partial charge in [0.15, 0.2) is 11.6 Å². The van der Waals surface area contributed by atoms with E-state index in [2.05, 4.69) is 25.6 Å². The third-order valence-electron chi connectivity index (χ3n) is 2.92. The molecule has 0 spiro atoms. The average Bonchev–Trinajstić information content (AvgIpc) is 2.54. The second-order valence-corrected chi connectivity index (χ2v) is 4.48. The lowest BCUT2D eigenvalue weighted by Gasteiger charge is -2.12. The van der Waals surface area contributed by atoms with Gasteiger partial charge in [-0.2, -0.15) is 0 Å². The fourth-order valence-corrected chi connectivity index (χ4v) is 1.84. The molecule has 0 radical (unpaired) electrons. The second-order valence-electron chi connectivity index (χ2n) is 4.48. The first-order valence-corrected chi connectivity index (χ1v) is 6.52. The van der Waals surface area contributed by atoms with E-state index >= 15 is 0 Å². The van der Waals surface area contributed by atoms with Crippen molar-refractivity contribution in [2.24, 2.45) is 0 Å². The number of aromatic nitrogens is 3. The van der Waals surface area contributed by atoms with E-state index in [0.29, 0.717) is 23.0 Å². The Balaban J connectivity index is 1.84. The Bertz CT molecular complexity index is 761. The van der Waals surface area contributed by atoms with Gasteiger partial charge in [-0.15, -0.1) is 0 Å². The van der Waals surface area contributed by atoms with Crippen LogP contribution in [0, 0.1) is 5.82 Å². The SMILES string of the molecule is Nc1c(Nc2ccc(F)cc2)ncnc1Nc1cccnc1. The van der Waals surface area contributed by atoms with Gasteiger partial charge in [-0.1, -0.05) is 0 Å². The minimum absolute atomic E-state index is 0.305. The zero-order valence-corrected chi connectivity index (χ0v) is 11.5. The Kier molecular flexibility index (Phi) is 3.78. The molecule has 0 aliphatic heterocycles. The molecule has 7 heteroatoms. The first-order chi connectivity index (χ1) is 10.7. The zero-order valence-electron chi connectivity index (χ0n) is 11.5. The first kappa shape index (κ1) is 13.7. The van der Waals surface area contributed by atoms with E-state index in [-0.39, 0.29) is 5.82 Å². The van der Waals surface area contributed by atoms with E-state index in [1.807, 2.05) is 6.07 Å². The van der Waals surface area contributed by atoms with E-state index in [9.17, 15) is 4.39 Å². The summed E-state index contributed by atoms with van der Waals surface area (Å²) >= 11 is 0. The number of nitrogens with two attached hydrogens (primary N) is 1. The van der Waals surface area contributed by atoms with Crippen LogP contribution in [0.25, 0.3) is 0 Å². The molecule has 4 N–H and O–H groups in total. The number of nitrogens with zero attached hydrogens (tertiary/aromatic N) is 3. The molecule has 0 amide bonds. The lowest BCUT2D eigenvalue weighted by atomic mass is 10.3. The molecule has 1 aromatic carbocycles. The van der Waals surface area contributed by atoms with Crippen LogP contribution in [0.2, 0.25) is 0 Å². The van der Waals surface area contributed by atoms with E-state index < -0.39 is 0 Å². The number of nitrogens with one attached hydrogen (secondary N) is 2. The predicted molar refractivity (Wildman–Crippen MR) is 83.6 cm³/mol. The highest BCUT2D eigenvalue weighted by atomic mass is 19.1. The Morgan fingerprint density at radius 3 is 2.23 bits per heavy atom. The Labute approximate surface area is 126 Å². The summed E-state index contributed by atoms with van der Waals surface area (Å²) in [5, 5.41) is 6.10. The molecule has 0 saturated carbocycles. The lowest BCUT2D eigenvalue weighted by molar-refractivity contribution is 0.628. The molecule has 0 saturated heterocycles. The average molecular weight is 296 g/mol. The van der Waals surface area contributed by atoms with Crippen molar-refractivity contribution >= 4 is 28.7 Å². The number of benzene rings is 1. The summed E-state index contributed by atoms with van der Waals surface area (Å²) in [7, 11) is 0. The molecule has 110 valence electrons. The number of nitrogen functional groups attached to an aromatic ring is 1. The molecule has 6 nitrogen and oxygen atoms in total. The van der Waals surface area contributed by atoms with Crippen molar-refractivity contribution in [1.82, 2.24) is 15.0 Å². The van der Waals surface area contributed by atoms with Crippen LogP contribution in [0.5, 0.6) is 0 Å².